The van der Waals surface area contributed by atoms with Crippen LogP contribution in [-0.2, 0) is 10.8 Å². The topological polar surface area (TPSA) is 85.1 Å². The minimum Gasteiger partial charge on any atom is -0.397 e. The molecule has 2 aromatic rings. The van der Waals surface area contributed by atoms with E-state index in [1.54, 1.807) is 6.26 Å². The van der Waals surface area contributed by atoms with Crippen molar-refractivity contribution in [3.8, 4) is 0 Å². The number of fused-ring (bicyclic) bond motifs is 1. The van der Waals surface area contributed by atoms with E-state index in [1.165, 1.54) is 11.3 Å². The Morgan fingerprint density at radius 2 is 2.19 bits per heavy atom. The van der Waals surface area contributed by atoms with Gasteiger partial charge in [0.1, 0.15) is 4.88 Å². The summed E-state index contributed by atoms with van der Waals surface area (Å²) in [6, 6.07) is 1.93. The lowest BCUT2D eigenvalue weighted by Gasteiger charge is -2.09. The van der Waals surface area contributed by atoms with Crippen LogP contribution in [0.1, 0.15) is 28.0 Å². The zero-order chi connectivity index (χ0) is 15.7. The predicted octanol–water partition coefficient (Wildman–Crippen LogP) is 1.99. The lowest BCUT2D eigenvalue weighted by Crippen LogP contribution is -2.32. The number of hydrogen-bond donors (Lipinski definition) is 2. The second kappa shape index (κ2) is 6.11. The number of nitrogens with zero attached hydrogens (tertiary/aromatic N) is 1. The van der Waals surface area contributed by atoms with Gasteiger partial charge in [-0.2, -0.15) is 0 Å². The number of carbonyl (C=O) groups is 1. The molecule has 0 saturated carbocycles. The summed E-state index contributed by atoms with van der Waals surface area (Å²) in [7, 11) is -0.963. The fraction of sp³-hybridized carbons (Fsp3) is 0.429. The van der Waals surface area contributed by atoms with Gasteiger partial charge >= 0.3 is 0 Å². The fourth-order valence-electron chi connectivity index (χ4n) is 2.08. The average molecular weight is 325 g/mol. The molecule has 3 N–H and O–H groups in total. The summed E-state index contributed by atoms with van der Waals surface area (Å²) in [5.74, 6) is -0.219. The Labute approximate surface area is 130 Å². The number of aromatic nitrogens is 1. The second-order valence-corrected chi connectivity index (χ2v) is 7.94. The molecule has 0 fully saturated rings. The molecule has 0 aliphatic carbocycles. The molecule has 2 heterocycles. The highest BCUT2D eigenvalue weighted by atomic mass is 32.2. The zero-order valence-corrected chi connectivity index (χ0v) is 14.2. The van der Waals surface area contributed by atoms with E-state index in [9.17, 15) is 9.00 Å². The van der Waals surface area contributed by atoms with Gasteiger partial charge in [0, 0.05) is 50.3 Å². The predicted molar refractivity (Wildman–Crippen MR) is 89.4 cm³/mol. The van der Waals surface area contributed by atoms with E-state index in [0.29, 0.717) is 17.1 Å². The number of nitrogens with two attached hydrogens (primary N) is 1. The van der Waals surface area contributed by atoms with Gasteiger partial charge in [-0.15, -0.1) is 11.3 Å². The van der Waals surface area contributed by atoms with E-state index >= 15 is 0 Å². The van der Waals surface area contributed by atoms with Gasteiger partial charge in [0.15, 0.2) is 0 Å². The molecule has 5 nitrogen and oxygen atoms in total. The third-order valence-corrected chi connectivity index (χ3v) is 5.79. The van der Waals surface area contributed by atoms with Gasteiger partial charge in [-0.05, 0) is 26.8 Å². The second-order valence-electron chi connectivity index (χ2n) is 5.09. The summed E-state index contributed by atoms with van der Waals surface area (Å²) < 4.78 is 12.3. The van der Waals surface area contributed by atoms with Crippen LogP contribution in [0.4, 0.5) is 5.69 Å². The molecule has 2 aromatic heterocycles. The van der Waals surface area contributed by atoms with Gasteiger partial charge in [-0.25, -0.2) is 0 Å². The number of nitrogens with one attached hydrogen (secondary N) is 1. The molecule has 2 unspecified atom stereocenters. The van der Waals surface area contributed by atoms with Crippen molar-refractivity contribution in [2.75, 3.05) is 18.5 Å². The first-order valence-electron chi connectivity index (χ1n) is 6.58. The monoisotopic (exact) mass is 325 g/mol. The summed E-state index contributed by atoms with van der Waals surface area (Å²) in [6.07, 6.45) is 1.63. The number of rotatable bonds is 4. The molecule has 0 spiro atoms. The number of thiophene rings is 1. The Balaban J connectivity index is 2.30. The van der Waals surface area contributed by atoms with Crippen LogP contribution in [0.2, 0.25) is 0 Å². The fourth-order valence-corrected chi connectivity index (χ4v) is 3.59. The van der Waals surface area contributed by atoms with Crippen LogP contribution >= 0.6 is 11.3 Å². The normalized spacial score (nSPS) is 14.1. The van der Waals surface area contributed by atoms with E-state index in [4.69, 9.17) is 5.73 Å². The molecule has 0 aliphatic heterocycles. The molecule has 2 atom stereocenters. The van der Waals surface area contributed by atoms with Crippen LogP contribution in [0, 0.1) is 13.8 Å². The first kappa shape index (κ1) is 15.9. The van der Waals surface area contributed by atoms with Gasteiger partial charge in [0.05, 0.1) is 5.69 Å². The summed E-state index contributed by atoms with van der Waals surface area (Å²) in [4.78, 5) is 17.1. The van der Waals surface area contributed by atoms with Crippen molar-refractivity contribution in [2.24, 2.45) is 0 Å². The van der Waals surface area contributed by atoms with Gasteiger partial charge in [0.25, 0.3) is 5.91 Å². The number of anilines is 1. The number of nitrogen functional groups attached to an aromatic ring is 1. The third kappa shape index (κ3) is 3.24. The average Bonchev–Trinajstić information content (AvgIpc) is 2.72. The minimum absolute atomic E-state index is 0.0878. The van der Waals surface area contributed by atoms with E-state index in [-0.39, 0.29) is 11.2 Å². The van der Waals surface area contributed by atoms with E-state index in [0.717, 1.165) is 21.5 Å². The molecule has 21 heavy (non-hydrogen) atoms. The van der Waals surface area contributed by atoms with E-state index in [2.05, 4.69) is 10.3 Å². The molecule has 0 saturated heterocycles. The molecular formula is C14H19N3O2S2. The molecule has 0 aromatic carbocycles. The number of pyridine rings is 1. The van der Waals surface area contributed by atoms with Gasteiger partial charge < -0.3 is 11.1 Å². The smallest absolute Gasteiger partial charge is 0.263 e. The quantitative estimate of drug-likeness (QED) is 0.900. The zero-order valence-electron chi connectivity index (χ0n) is 12.5. The lowest BCUT2D eigenvalue weighted by molar-refractivity contribution is 0.0959. The number of carbonyl (C=O) groups excluding carboxylic acids is 1. The van der Waals surface area contributed by atoms with Crippen molar-refractivity contribution < 1.29 is 9.00 Å². The highest BCUT2D eigenvalue weighted by Gasteiger charge is 2.19. The van der Waals surface area contributed by atoms with Crippen LogP contribution in [0.3, 0.4) is 0 Å². The Bertz CT molecular complexity index is 725. The van der Waals surface area contributed by atoms with Crippen molar-refractivity contribution in [3.63, 3.8) is 0 Å². The molecule has 0 bridgehead atoms. The maximum absolute atomic E-state index is 12.3. The van der Waals surface area contributed by atoms with Crippen molar-refractivity contribution in [3.05, 3.63) is 22.3 Å². The third-order valence-electron chi connectivity index (χ3n) is 3.34. The molecule has 1 amide bonds. The maximum atomic E-state index is 12.3. The first-order valence-corrected chi connectivity index (χ1v) is 9.01. The van der Waals surface area contributed by atoms with Crippen LogP contribution in [0.25, 0.3) is 10.1 Å². The van der Waals surface area contributed by atoms with Crippen molar-refractivity contribution in [1.82, 2.24) is 10.3 Å². The number of aryl methyl sites for hydroxylation is 2. The molecular weight excluding hydrogens is 306 g/mol. The van der Waals surface area contributed by atoms with Crippen molar-refractivity contribution in [2.45, 2.75) is 26.0 Å². The first-order chi connectivity index (χ1) is 9.81. The molecule has 114 valence electrons. The summed E-state index contributed by atoms with van der Waals surface area (Å²) in [5.41, 5.74) is 8.32. The Hall–Kier alpha value is -1.47. The van der Waals surface area contributed by atoms with Gasteiger partial charge in [-0.3, -0.25) is 14.0 Å². The maximum Gasteiger partial charge on any atom is 0.263 e. The Kier molecular flexibility index (Phi) is 4.63. The van der Waals surface area contributed by atoms with Gasteiger partial charge in [0.2, 0.25) is 0 Å². The highest BCUT2D eigenvalue weighted by Crippen LogP contribution is 2.35. The number of hydrogen-bond acceptors (Lipinski definition) is 5. The molecule has 2 rings (SSSR count). The van der Waals surface area contributed by atoms with Crippen molar-refractivity contribution in [1.29, 1.82) is 0 Å². The molecule has 0 radical (unpaired) electrons. The summed E-state index contributed by atoms with van der Waals surface area (Å²) in [5, 5.41) is 3.56. The highest BCUT2D eigenvalue weighted by molar-refractivity contribution is 7.84. The van der Waals surface area contributed by atoms with Crippen LogP contribution < -0.4 is 11.1 Å². The van der Waals surface area contributed by atoms with Crippen molar-refractivity contribution >= 4 is 43.8 Å². The van der Waals surface area contributed by atoms with Gasteiger partial charge in [-0.1, -0.05) is 0 Å². The molecule has 7 heteroatoms. The largest absolute Gasteiger partial charge is 0.397 e. The SMILES string of the molecule is Cc1cc2sc(C(=O)NCC(C)S(C)=O)c(N)c2c(C)n1. The minimum atomic E-state index is -0.963. The number of amides is 1. The standard InChI is InChI=1S/C14H19N3O2S2/c1-7-5-10-11(9(3)17-7)12(15)13(20-10)14(18)16-6-8(2)21(4)19/h5,8H,6,15H2,1-4H3,(H,16,18). The lowest BCUT2D eigenvalue weighted by atomic mass is 10.2. The van der Waals surface area contributed by atoms with E-state index in [1.807, 2.05) is 26.8 Å². The summed E-state index contributed by atoms with van der Waals surface area (Å²) >= 11 is 1.37. The molecule has 0 aliphatic rings. The van der Waals surface area contributed by atoms with Crippen LogP contribution in [0.5, 0.6) is 0 Å². The summed E-state index contributed by atoms with van der Waals surface area (Å²) in [6.45, 7) is 6.01. The van der Waals surface area contributed by atoms with Crippen LogP contribution in [-0.4, -0.2) is 33.2 Å². The Morgan fingerprint density at radius 1 is 1.52 bits per heavy atom. The Morgan fingerprint density at radius 3 is 2.81 bits per heavy atom. The van der Waals surface area contributed by atoms with Crippen LogP contribution in [0.15, 0.2) is 6.07 Å². The van der Waals surface area contributed by atoms with E-state index < -0.39 is 10.8 Å².